The molecule has 0 atom stereocenters. The van der Waals surface area contributed by atoms with Gasteiger partial charge in [-0.3, -0.25) is 14.9 Å². The van der Waals surface area contributed by atoms with Gasteiger partial charge in [0.25, 0.3) is 10.9 Å². The Bertz CT molecular complexity index is 424. The number of benzene rings is 1. The summed E-state index contributed by atoms with van der Waals surface area (Å²) >= 11 is 7.76. The number of hydrogen-bond acceptors (Lipinski definition) is 3. The molecule has 0 aliphatic heterocycles. The molecule has 14 heavy (non-hydrogen) atoms. The molecule has 1 aromatic carbocycles. The lowest BCUT2D eigenvalue weighted by atomic mass is 10.2. The summed E-state index contributed by atoms with van der Waals surface area (Å²) in [5, 5.41) is 9.49. The molecule has 1 aromatic rings. The van der Waals surface area contributed by atoms with Crippen molar-refractivity contribution in [2.45, 2.75) is 0 Å². The van der Waals surface area contributed by atoms with Crippen molar-refractivity contribution < 1.29 is 14.1 Å². The van der Waals surface area contributed by atoms with E-state index < -0.39 is 21.7 Å². The zero-order valence-electron chi connectivity index (χ0n) is 6.46. The lowest BCUT2D eigenvalue weighted by Gasteiger charge is -2.00. The first-order chi connectivity index (χ1) is 6.45. The Kier molecular flexibility index (Phi) is 3.17. The predicted octanol–water partition coefficient (Wildman–Crippen LogP) is 2.88. The second-order valence-corrected chi connectivity index (χ2v) is 3.42. The third kappa shape index (κ3) is 1.91. The van der Waals surface area contributed by atoms with Crippen LogP contribution in [0, 0.1) is 15.9 Å². The molecule has 0 aromatic heterocycles. The highest BCUT2D eigenvalue weighted by molar-refractivity contribution is 9.10. The zero-order chi connectivity index (χ0) is 10.9. The van der Waals surface area contributed by atoms with Gasteiger partial charge in [0.1, 0.15) is 15.9 Å². The third-order valence-electron chi connectivity index (χ3n) is 1.46. The summed E-state index contributed by atoms with van der Waals surface area (Å²) < 4.78 is 12.5. The second kappa shape index (κ2) is 4.02. The molecule has 0 saturated carbocycles. The van der Waals surface area contributed by atoms with Crippen LogP contribution in [0.5, 0.6) is 0 Å². The van der Waals surface area contributed by atoms with Gasteiger partial charge >= 0.3 is 0 Å². The quantitative estimate of drug-likeness (QED) is 0.476. The van der Waals surface area contributed by atoms with E-state index in [9.17, 15) is 19.3 Å². The first-order valence-electron chi connectivity index (χ1n) is 3.27. The fourth-order valence-corrected chi connectivity index (χ4v) is 1.52. The van der Waals surface area contributed by atoms with Crippen LogP contribution in [0.15, 0.2) is 16.6 Å². The Labute approximate surface area is 90.9 Å². The molecule has 0 aliphatic carbocycles. The second-order valence-electron chi connectivity index (χ2n) is 2.29. The highest BCUT2D eigenvalue weighted by Gasteiger charge is 2.24. The highest BCUT2D eigenvalue weighted by atomic mass is 79.9. The minimum Gasteiger partial charge on any atom is -0.275 e. The average molecular weight is 282 g/mol. The molecule has 0 unspecified atom stereocenters. The topological polar surface area (TPSA) is 60.2 Å². The van der Waals surface area contributed by atoms with Crippen molar-refractivity contribution in [2.75, 3.05) is 0 Å². The average Bonchev–Trinajstić information content (AvgIpc) is 2.08. The normalized spacial score (nSPS) is 9.93. The first-order valence-corrected chi connectivity index (χ1v) is 4.44. The number of nitrogens with zero attached hydrogens (tertiary/aromatic N) is 1. The van der Waals surface area contributed by atoms with Crippen molar-refractivity contribution in [2.24, 2.45) is 0 Å². The van der Waals surface area contributed by atoms with Crippen molar-refractivity contribution in [3.05, 3.63) is 38.1 Å². The van der Waals surface area contributed by atoms with Crippen molar-refractivity contribution >= 4 is 38.5 Å². The van der Waals surface area contributed by atoms with E-state index >= 15 is 0 Å². The van der Waals surface area contributed by atoms with Crippen molar-refractivity contribution in [1.29, 1.82) is 0 Å². The Morgan fingerprint density at radius 3 is 2.57 bits per heavy atom. The van der Waals surface area contributed by atoms with E-state index in [1.165, 1.54) is 0 Å². The number of nitro groups is 1. The fourth-order valence-electron chi connectivity index (χ4n) is 0.877. The van der Waals surface area contributed by atoms with Crippen LogP contribution in [0.3, 0.4) is 0 Å². The summed E-state index contributed by atoms with van der Waals surface area (Å²) in [7, 11) is 0. The zero-order valence-corrected chi connectivity index (χ0v) is 8.80. The Morgan fingerprint density at radius 2 is 2.14 bits per heavy atom. The monoisotopic (exact) mass is 281 g/mol. The van der Waals surface area contributed by atoms with Crippen molar-refractivity contribution in [3.8, 4) is 0 Å². The van der Waals surface area contributed by atoms with E-state index in [2.05, 4.69) is 15.9 Å². The number of halogens is 3. The van der Waals surface area contributed by atoms with Gasteiger partial charge in [-0.1, -0.05) is 0 Å². The van der Waals surface area contributed by atoms with Gasteiger partial charge in [-0.15, -0.1) is 0 Å². The maximum atomic E-state index is 12.9. The Morgan fingerprint density at radius 1 is 1.57 bits per heavy atom. The van der Waals surface area contributed by atoms with Gasteiger partial charge in [-0.25, -0.2) is 4.39 Å². The number of nitro benzene ring substituents is 1. The van der Waals surface area contributed by atoms with Crippen LogP contribution >= 0.6 is 27.5 Å². The minimum absolute atomic E-state index is 0.343. The molecule has 1 rings (SSSR count). The fraction of sp³-hybridized carbons (Fsp3) is 0. The molecular formula is C7H2BrClFNO3. The van der Waals surface area contributed by atoms with E-state index in [1.54, 1.807) is 0 Å². The largest absolute Gasteiger partial charge is 0.298 e. The molecule has 0 saturated heterocycles. The molecule has 0 spiro atoms. The Hall–Kier alpha value is -1.01. The van der Waals surface area contributed by atoms with Crippen LogP contribution in [0.25, 0.3) is 0 Å². The van der Waals surface area contributed by atoms with Crippen LogP contribution in [-0.2, 0) is 0 Å². The number of carbonyl (C=O) groups excluding carboxylic acids is 1. The number of rotatable bonds is 2. The van der Waals surface area contributed by atoms with Crippen molar-refractivity contribution in [1.82, 2.24) is 0 Å². The maximum Gasteiger partial charge on any atom is 0.298 e. The molecule has 7 heteroatoms. The summed E-state index contributed by atoms with van der Waals surface area (Å²) in [6.07, 6.45) is 0. The van der Waals surface area contributed by atoms with Crippen LogP contribution in [0.2, 0.25) is 0 Å². The molecule has 0 heterocycles. The highest BCUT2D eigenvalue weighted by Crippen LogP contribution is 2.32. The van der Waals surface area contributed by atoms with E-state index in [1.807, 2.05) is 0 Å². The first kappa shape index (κ1) is 11.1. The number of hydrogen-bond donors (Lipinski definition) is 0. The van der Waals surface area contributed by atoms with E-state index in [0.29, 0.717) is 0 Å². The predicted molar refractivity (Wildman–Crippen MR) is 50.9 cm³/mol. The van der Waals surface area contributed by atoms with Gasteiger partial charge in [-0.05, 0) is 39.7 Å². The molecule has 74 valence electrons. The summed E-state index contributed by atoms with van der Waals surface area (Å²) in [6.45, 7) is 0. The van der Waals surface area contributed by atoms with Crippen LogP contribution in [-0.4, -0.2) is 10.2 Å². The van der Waals surface area contributed by atoms with Gasteiger partial charge in [0.05, 0.1) is 4.92 Å². The van der Waals surface area contributed by atoms with Crippen LogP contribution < -0.4 is 0 Å². The molecule has 0 amide bonds. The van der Waals surface area contributed by atoms with Crippen LogP contribution in [0.1, 0.15) is 10.4 Å². The SMILES string of the molecule is O=C(Cl)c1ccc(F)c(Br)c1[N+](=O)[O-]. The smallest absolute Gasteiger partial charge is 0.275 e. The van der Waals surface area contributed by atoms with E-state index in [0.717, 1.165) is 12.1 Å². The Balaban J connectivity index is 3.53. The molecular weight excluding hydrogens is 280 g/mol. The van der Waals surface area contributed by atoms with Gasteiger partial charge < -0.3 is 0 Å². The summed E-state index contributed by atoms with van der Waals surface area (Å²) in [5.41, 5.74) is -1.00. The van der Waals surface area contributed by atoms with Gasteiger partial charge in [0.2, 0.25) is 0 Å². The minimum atomic E-state index is -1.00. The van der Waals surface area contributed by atoms with Gasteiger partial charge in [-0.2, -0.15) is 0 Å². The molecule has 0 fully saturated rings. The standard InChI is InChI=1S/C7H2BrClFNO3/c8-5-4(10)2-1-3(7(9)12)6(5)11(13)14/h1-2H. The van der Waals surface area contributed by atoms with E-state index in [-0.39, 0.29) is 10.0 Å². The van der Waals surface area contributed by atoms with Gasteiger partial charge in [0.15, 0.2) is 0 Å². The van der Waals surface area contributed by atoms with Crippen LogP contribution in [0.4, 0.5) is 10.1 Å². The van der Waals surface area contributed by atoms with E-state index in [4.69, 9.17) is 11.6 Å². The summed E-state index contributed by atoms with van der Waals surface area (Å²) in [6, 6.07) is 1.89. The molecule has 0 radical (unpaired) electrons. The third-order valence-corrected chi connectivity index (χ3v) is 2.42. The number of carbonyl (C=O) groups is 1. The summed E-state index contributed by atoms with van der Waals surface area (Å²) in [4.78, 5) is 20.4. The molecule has 0 aliphatic rings. The van der Waals surface area contributed by atoms with Crippen molar-refractivity contribution in [3.63, 3.8) is 0 Å². The maximum absolute atomic E-state index is 12.9. The molecule has 0 bridgehead atoms. The molecule has 4 nitrogen and oxygen atoms in total. The lowest BCUT2D eigenvalue weighted by molar-refractivity contribution is -0.386. The summed E-state index contributed by atoms with van der Waals surface area (Å²) in [5.74, 6) is -0.821. The lowest BCUT2D eigenvalue weighted by Crippen LogP contribution is -2.00. The molecule has 0 N–H and O–H groups in total. The van der Waals surface area contributed by atoms with Gasteiger partial charge in [0, 0.05) is 0 Å².